The fourth-order valence-electron chi connectivity index (χ4n) is 2.68. The molecule has 4 unspecified atom stereocenters. The predicted octanol–water partition coefficient (Wildman–Crippen LogP) is 1.58. The van der Waals surface area contributed by atoms with Gasteiger partial charge in [-0.2, -0.15) is 0 Å². The Morgan fingerprint density at radius 2 is 2.10 bits per heavy atom. The molecule has 122 valence electrons. The van der Waals surface area contributed by atoms with Gasteiger partial charge in [0.25, 0.3) is 0 Å². The Morgan fingerprint density at radius 1 is 1.38 bits per heavy atom. The Labute approximate surface area is 126 Å². The smallest absolute Gasteiger partial charge is 0.328 e. The number of hydrogen-bond acceptors (Lipinski definition) is 4. The van der Waals surface area contributed by atoms with E-state index in [2.05, 4.69) is 12.2 Å². The summed E-state index contributed by atoms with van der Waals surface area (Å²) in [6.45, 7) is 4.00. The monoisotopic (exact) mass is 301 g/mol. The van der Waals surface area contributed by atoms with Crippen molar-refractivity contribution in [2.75, 3.05) is 13.7 Å². The number of hydrogen-bond donors (Lipinski definition) is 2. The van der Waals surface area contributed by atoms with Crippen LogP contribution in [0.5, 0.6) is 0 Å². The van der Waals surface area contributed by atoms with Crippen LogP contribution in [0.4, 0.5) is 0 Å². The summed E-state index contributed by atoms with van der Waals surface area (Å²) in [5.74, 6) is -0.865. The van der Waals surface area contributed by atoms with Crippen molar-refractivity contribution in [3.8, 4) is 0 Å². The van der Waals surface area contributed by atoms with Gasteiger partial charge in [0.15, 0.2) is 6.04 Å². The highest BCUT2D eigenvalue weighted by Crippen LogP contribution is 2.26. The third-order valence-electron chi connectivity index (χ3n) is 3.86. The molecule has 2 N–H and O–H groups in total. The molecule has 1 amide bonds. The number of rotatable bonds is 8. The van der Waals surface area contributed by atoms with Gasteiger partial charge in [-0.05, 0) is 25.2 Å². The molecule has 1 aliphatic rings. The van der Waals surface area contributed by atoms with E-state index in [0.29, 0.717) is 12.3 Å². The molecule has 0 aromatic rings. The van der Waals surface area contributed by atoms with Crippen molar-refractivity contribution in [2.45, 2.75) is 64.2 Å². The molecule has 6 nitrogen and oxygen atoms in total. The Kier molecular flexibility index (Phi) is 7.67. The lowest BCUT2D eigenvalue weighted by Crippen LogP contribution is -2.49. The van der Waals surface area contributed by atoms with E-state index in [1.165, 1.54) is 13.5 Å². The molecule has 1 rings (SSSR count). The molecule has 1 aliphatic carbocycles. The van der Waals surface area contributed by atoms with Gasteiger partial charge in [0.2, 0.25) is 5.91 Å². The van der Waals surface area contributed by atoms with Gasteiger partial charge in [-0.3, -0.25) is 4.79 Å². The average Bonchev–Trinajstić information content (AvgIpc) is 2.44. The maximum absolute atomic E-state index is 12.2. The van der Waals surface area contributed by atoms with Crippen LogP contribution in [0, 0.1) is 5.92 Å². The number of carbonyl (C=O) groups is 2. The van der Waals surface area contributed by atoms with E-state index >= 15 is 0 Å². The molecule has 21 heavy (non-hydrogen) atoms. The van der Waals surface area contributed by atoms with Crippen molar-refractivity contribution in [1.82, 2.24) is 5.32 Å². The van der Waals surface area contributed by atoms with E-state index < -0.39 is 18.1 Å². The zero-order chi connectivity index (χ0) is 15.8. The maximum atomic E-state index is 12.2. The fraction of sp³-hybridized carbons (Fsp3) is 0.867. The maximum Gasteiger partial charge on any atom is 0.328 e. The first-order chi connectivity index (χ1) is 9.97. The van der Waals surface area contributed by atoms with E-state index in [4.69, 9.17) is 14.6 Å². The quantitative estimate of drug-likeness (QED) is 0.711. The van der Waals surface area contributed by atoms with E-state index in [0.717, 1.165) is 19.3 Å². The molecule has 1 saturated carbocycles. The summed E-state index contributed by atoms with van der Waals surface area (Å²) in [7, 11) is 1.40. The second-order valence-electron chi connectivity index (χ2n) is 5.78. The van der Waals surface area contributed by atoms with Crippen LogP contribution in [0.15, 0.2) is 0 Å². The number of ether oxygens (including phenoxy) is 2. The zero-order valence-corrected chi connectivity index (χ0v) is 13.1. The molecular formula is C15H27NO5. The molecule has 0 radical (unpaired) electrons. The summed E-state index contributed by atoms with van der Waals surface area (Å²) in [6, 6.07) is -1.04. The van der Waals surface area contributed by atoms with Crippen LogP contribution in [-0.2, 0) is 19.1 Å². The van der Waals surface area contributed by atoms with E-state index in [1.807, 2.05) is 6.92 Å². The first-order valence-corrected chi connectivity index (χ1v) is 7.65. The molecular weight excluding hydrogens is 274 g/mol. The number of carbonyl (C=O) groups excluding carboxylic acids is 1. The van der Waals surface area contributed by atoms with Gasteiger partial charge >= 0.3 is 5.97 Å². The Balaban J connectivity index is 2.53. The summed E-state index contributed by atoms with van der Waals surface area (Å²) < 4.78 is 10.7. The van der Waals surface area contributed by atoms with Gasteiger partial charge in [-0.1, -0.05) is 26.7 Å². The normalized spacial score (nSPS) is 25.1. The summed E-state index contributed by atoms with van der Waals surface area (Å²) in [4.78, 5) is 23.2. The van der Waals surface area contributed by atoms with E-state index in [-0.39, 0.29) is 18.6 Å². The first-order valence-electron chi connectivity index (χ1n) is 7.65. The van der Waals surface area contributed by atoms with Gasteiger partial charge in [0, 0.05) is 7.11 Å². The highest BCUT2D eigenvalue weighted by Gasteiger charge is 2.28. The first kappa shape index (κ1) is 17.9. The molecule has 0 bridgehead atoms. The minimum absolute atomic E-state index is 0.0576. The SMILES string of the molecule is CCC(OC1CCCC(C)C1)C(=O)NC(COC)C(=O)O. The lowest BCUT2D eigenvalue weighted by molar-refractivity contribution is -0.148. The second kappa shape index (κ2) is 9.00. The summed E-state index contributed by atoms with van der Waals surface area (Å²) in [6.07, 6.45) is 4.27. The van der Waals surface area contributed by atoms with Gasteiger partial charge in [-0.25, -0.2) is 4.79 Å². The third kappa shape index (κ3) is 6.01. The Hall–Kier alpha value is -1.14. The standard InChI is InChI=1S/C15H27NO5/c1-4-13(21-11-7-5-6-10(2)8-11)14(17)16-12(9-20-3)15(18)19/h10-13H,4-9H2,1-3H3,(H,16,17)(H,18,19). The van der Waals surface area contributed by atoms with Crippen LogP contribution >= 0.6 is 0 Å². The Morgan fingerprint density at radius 3 is 2.62 bits per heavy atom. The molecule has 6 heteroatoms. The lowest BCUT2D eigenvalue weighted by Gasteiger charge is -2.30. The summed E-state index contributed by atoms with van der Waals surface area (Å²) in [5, 5.41) is 11.5. The van der Waals surface area contributed by atoms with Crippen LogP contribution in [0.3, 0.4) is 0 Å². The number of methoxy groups -OCH3 is 1. The second-order valence-corrected chi connectivity index (χ2v) is 5.78. The summed E-state index contributed by atoms with van der Waals surface area (Å²) >= 11 is 0. The van der Waals surface area contributed by atoms with Crippen LogP contribution in [-0.4, -0.2) is 48.9 Å². The fourth-order valence-corrected chi connectivity index (χ4v) is 2.68. The molecule has 0 aromatic carbocycles. The number of carboxylic acid groups (broad SMARTS) is 1. The minimum atomic E-state index is -1.11. The van der Waals surface area contributed by atoms with Crippen molar-refractivity contribution >= 4 is 11.9 Å². The Bertz CT molecular complexity index is 347. The minimum Gasteiger partial charge on any atom is -0.480 e. The molecule has 0 aliphatic heterocycles. The van der Waals surface area contributed by atoms with Crippen molar-refractivity contribution in [3.63, 3.8) is 0 Å². The van der Waals surface area contributed by atoms with Crippen molar-refractivity contribution in [3.05, 3.63) is 0 Å². The van der Waals surface area contributed by atoms with Gasteiger partial charge < -0.3 is 19.9 Å². The van der Waals surface area contributed by atoms with Crippen LogP contribution < -0.4 is 5.32 Å². The van der Waals surface area contributed by atoms with Crippen LogP contribution in [0.1, 0.15) is 46.0 Å². The van der Waals surface area contributed by atoms with Crippen LogP contribution in [0.2, 0.25) is 0 Å². The van der Waals surface area contributed by atoms with Gasteiger partial charge in [0.05, 0.1) is 12.7 Å². The largest absolute Gasteiger partial charge is 0.480 e. The van der Waals surface area contributed by atoms with E-state index in [9.17, 15) is 9.59 Å². The zero-order valence-electron chi connectivity index (χ0n) is 13.1. The lowest BCUT2D eigenvalue weighted by atomic mass is 9.88. The predicted molar refractivity (Wildman–Crippen MR) is 78.0 cm³/mol. The average molecular weight is 301 g/mol. The van der Waals surface area contributed by atoms with Gasteiger partial charge in [-0.15, -0.1) is 0 Å². The highest BCUT2D eigenvalue weighted by atomic mass is 16.5. The summed E-state index contributed by atoms with van der Waals surface area (Å²) in [5.41, 5.74) is 0. The van der Waals surface area contributed by atoms with E-state index in [1.54, 1.807) is 0 Å². The topological polar surface area (TPSA) is 84.9 Å². The third-order valence-corrected chi connectivity index (χ3v) is 3.86. The van der Waals surface area contributed by atoms with Crippen molar-refractivity contribution < 1.29 is 24.2 Å². The van der Waals surface area contributed by atoms with Crippen LogP contribution in [0.25, 0.3) is 0 Å². The number of aliphatic carboxylic acids is 1. The molecule has 0 spiro atoms. The molecule has 0 heterocycles. The number of amides is 1. The van der Waals surface area contributed by atoms with Crippen molar-refractivity contribution in [2.24, 2.45) is 5.92 Å². The highest BCUT2D eigenvalue weighted by molar-refractivity contribution is 5.86. The molecule has 0 aromatic heterocycles. The molecule has 0 saturated heterocycles. The van der Waals surface area contributed by atoms with Crippen molar-refractivity contribution in [1.29, 1.82) is 0 Å². The van der Waals surface area contributed by atoms with Gasteiger partial charge in [0.1, 0.15) is 6.10 Å². The molecule has 1 fully saturated rings. The number of nitrogens with one attached hydrogen (secondary N) is 1. The number of carboxylic acids is 1. The molecule has 4 atom stereocenters.